The average molecular weight is 327 g/mol. The van der Waals surface area contributed by atoms with Crippen LogP contribution in [0.1, 0.15) is 35.6 Å². The Morgan fingerprint density at radius 2 is 1.65 bits per heavy atom. The summed E-state index contributed by atoms with van der Waals surface area (Å²) >= 11 is 0. The Kier molecular flexibility index (Phi) is 3.74. The molecule has 2 aromatic rings. The van der Waals surface area contributed by atoms with Crippen molar-refractivity contribution in [2.24, 2.45) is 0 Å². The first kappa shape index (κ1) is 14.9. The Balaban J connectivity index is 1.74. The van der Waals surface area contributed by atoms with Gasteiger partial charge in [-0.1, -0.05) is 54.6 Å². The van der Waals surface area contributed by atoms with Gasteiger partial charge >= 0.3 is 0 Å². The molecule has 1 aliphatic heterocycles. The number of benzene rings is 2. The van der Waals surface area contributed by atoms with Gasteiger partial charge in [0.25, 0.3) is 0 Å². The minimum atomic E-state index is -3.17. The standard InChI is InChI=1S/C19H21NO2S/c21-23(22,17-10-11-17)20-13-12-16-8-4-5-9-18(16)19(20)14-15-6-2-1-3-7-15/h1-9,17,19H,10-14H2/t19-/m0/s1. The van der Waals surface area contributed by atoms with Crippen LogP contribution in [0.5, 0.6) is 0 Å². The first-order valence-electron chi connectivity index (χ1n) is 8.28. The molecule has 0 N–H and O–H groups in total. The molecule has 0 spiro atoms. The lowest BCUT2D eigenvalue weighted by Crippen LogP contribution is -2.42. The summed E-state index contributed by atoms with van der Waals surface area (Å²) in [5.74, 6) is 0. The molecule has 23 heavy (non-hydrogen) atoms. The lowest BCUT2D eigenvalue weighted by molar-refractivity contribution is 0.305. The van der Waals surface area contributed by atoms with E-state index in [9.17, 15) is 8.42 Å². The first-order chi connectivity index (χ1) is 11.2. The highest BCUT2D eigenvalue weighted by atomic mass is 32.2. The fourth-order valence-corrected chi connectivity index (χ4v) is 5.54. The quantitative estimate of drug-likeness (QED) is 0.864. The molecule has 0 aromatic heterocycles. The molecule has 0 bridgehead atoms. The molecule has 0 amide bonds. The summed E-state index contributed by atoms with van der Waals surface area (Å²) in [6.45, 7) is 0.605. The maximum absolute atomic E-state index is 12.9. The van der Waals surface area contributed by atoms with Gasteiger partial charge in [-0.05, 0) is 42.4 Å². The molecule has 4 heteroatoms. The number of rotatable bonds is 4. The van der Waals surface area contributed by atoms with Gasteiger partial charge in [-0.25, -0.2) is 8.42 Å². The number of fused-ring (bicyclic) bond motifs is 1. The van der Waals surface area contributed by atoms with Crippen LogP contribution in [0.3, 0.4) is 0 Å². The molecule has 1 saturated carbocycles. The van der Waals surface area contributed by atoms with E-state index in [2.05, 4.69) is 24.3 Å². The van der Waals surface area contributed by atoms with Gasteiger partial charge in [0.2, 0.25) is 10.0 Å². The van der Waals surface area contributed by atoms with Crippen molar-refractivity contribution in [1.29, 1.82) is 0 Å². The Morgan fingerprint density at radius 1 is 0.957 bits per heavy atom. The highest BCUT2D eigenvalue weighted by molar-refractivity contribution is 7.90. The average Bonchev–Trinajstić information content (AvgIpc) is 3.41. The molecule has 4 rings (SSSR count). The van der Waals surface area contributed by atoms with E-state index < -0.39 is 10.0 Å². The predicted molar refractivity (Wildman–Crippen MR) is 91.7 cm³/mol. The van der Waals surface area contributed by atoms with E-state index in [0.29, 0.717) is 6.54 Å². The Bertz CT molecular complexity index is 797. The molecule has 0 saturated heterocycles. The molecular formula is C19H21NO2S. The van der Waals surface area contributed by atoms with E-state index in [1.807, 2.05) is 30.3 Å². The van der Waals surface area contributed by atoms with Crippen LogP contribution in [-0.4, -0.2) is 24.5 Å². The van der Waals surface area contributed by atoms with Crippen molar-refractivity contribution >= 4 is 10.0 Å². The summed E-state index contributed by atoms with van der Waals surface area (Å²) in [6, 6.07) is 18.4. The number of sulfonamides is 1. The van der Waals surface area contributed by atoms with Crippen LogP contribution in [0.15, 0.2) is 54.6 Å². The zero-order valence-corrected chi connectivity index (χ0v) is 13.9. The Morgan fingerprint density at radius 3 is 2.39 bits per heavy atom. The van der Waals surface area contributed by atoms with Gasteiger partial charge < -0.3 is 0 Å². The van der Waals surface area contributed by atoms with E-state index in [4.69, 9.17) is 0 Å². The van der Waals surface area contributed by atoms with Crippen molar-refractivity contribution in [3.05, 3.63) is 71.3 Å². The minimum Gasteiger partial charge on any atom is -0.212 e. The van der Waals surface area contributed by atoms with E-state index >= 15 is 0 Å². The molecule has 1 fully saturated rings. The van der Waals surface area contributed by atoms with Gasteiger partial charge in [-0.3, -0.25) is 0 Å². The maximum atomic E-state index is 12.9. The van der Waals surface area contributed by atoms with Gasteiger partial charge in [-0.15, -0.1) is 0 Å². The minimum absolute atomic E-state index is 0.0760. The van der Waals surface area contributed by atoms with E-state index in [1.54, 1.807) is 4.31 Å². The van der Waals surface area contributed by atoms with Gasteiger partial charge in [0.1, 0.15) is 0 Å². The highest BCUT2D eigenvalue weighted by Crippen LogP contribution is 2.40. The van der Waals surface area contributed by atoms with Gasteiger partial charge in [0, 0.05) is 6.54 Å². The molecule has 1 heterocycles. The van der Waals surface area contributed by atoms with Crippen LogP contribution in [0.4, 0.5) is 0 Å². The molecule has 3 nitrogen and oxygen atoms in total. The van der Waals surface area contributed by atoms with Crippen molar-refractivity contribution in [3.8, 4) is 0 Å². The molecule has 0 radical (unpaired) electrons. The van der Waals surface area contributed by atoms with E-state index in [1.165, 1.54) is 16.7 Å². The van der Waals surface area contributed by atoms with Gasteiger partial charge in [0.05, 0.1) is 11.3 Å². The second-order valence-electron chi connectivity index (χ2n) is 6.51. The summed E-state index contributed by atoms with van der Waals surface area (Å²) in [7, 11) is -3.17. The topological polar surface area (TPSA) is 37.4 Å². The molecular weight excluding hydrogens is 306 g/mol. The number of hydrogen-bond donors (Lipinski definition) is 0. The van der Waals surface area contributed by atoms with Crippen LogP contribution < -0.4 is 0 Å². The Labute approximate surface area is 138 Å². The first-order valence-corrected chi connectivity index (χ1v) is 9.79. The molecule has 2 aliphatic rings. The van der Waals surface area contributed by atoms with Crippen molar-refractivity contribution < 1.29 is 8.42 Å². The summed E-state index contributed by atoms with van der Waals surface area (Å²) in [5.41, 5.74) is 3.65. The highest BCUT2D eigenvalue weighted by Gasteiger charge is 2.44. The maximum Gasteiger partial charge on any atom is 0.217 e. The molecule has 1 aliphatic carbocycles. The van der Waals surface area contributed by atoms with E-state index in [-0.39, 0.29) is 11.3 Å². The second kappa shape index (κ2) is 5.77. The van der Waals surface area contributed by atoms with Crippen LogP contribution >= 0.6 is 0 Å². The summed E-state index contributed by atoms with van der Waals surface area (Å²) in [5, 5.41) is -0.147. The fraction of sp³-hybridized carbons (Fsp3) is 0.368. The third-order valence-corrected chi connectivity index (χ3v) is 7.31. The zero-order valence-electron chi connectivity index (χ0n) is 13.1. The zero-order chi connectivity index (χ0) is 15.9. The van der Waals surface area contributed by atoms with E-state index in [0.717, 1.165) is 25.7 Å². The molecule has 2 aromatic carbocycles. The van der Waals surface area contributed by atoms with Crippen LogP contribution in [0.2, 0.25) is 0 Å². The van der Waals surface area contributed by atoms with Crippen LogP contribution in [0.25, 0.3) is 0 Å². The van der Waals surface area contributed by atoms with Crippen molar-refractivity contribution in [3.63, 3.8) is 0 Å². The Hall–Kier alpha value is -1.65. The SMILES string of the molecule is O=S(=O)(C1CC1)N1CCc2ccccc2[C@@H]1Cc1ccccc1. The summed E-state index contributed by atoms with van der Waals surface area (Å²) in [6.07, 6.45) is 3.19. The van der Waals surface area contributed by atoms with Crippen LogP contribution in [-0.2, 0) is 22.9 Å². The van der Waals surface area contributed by atoms with Crippen LogP contribution in [0, 0.1) is 0 Å². The second-order valence-corrected chi connectivity index (χ2v) is 8.67. The smallest absolute Gasteiger partial charge is 0.212 e. The largest absolute Gasteiger partial charge is 0.217 e. The fourth-order valence-electron chi connectivity index (χ4n) is 3.54. The summed E-state index contributed by atoms with van der Waals surface area (Å²) in [4.78, 5) is 0. The third kappa shape index (κ3) is 2.81. The molecule has 0 unspecified atom stereocenters. The normalized spacial score (nSPS) is 21.8. The van der Waals surface area contributed by atoms with Gasteiger partial charge in [0.15, 0.2) is 0 Å². The number of hydrogen-bond acceptors (Lipinski definition) is 2. The predicted octanol–water partition coefficient (Wildman–Crippen LogP) is 3.32. The van der Waals surface area contributed by atoms with Crippen molar-refractivity contribution in [2.75, 3.05) is 6.54 Å². The lowest BCUT2D eigenvalue weighted by atomic mass is 9.90. The van der Waals surface area contributed by atoms with Gasteiger partial charge in [-0.2, -0.15) is 4.31 Å². The van der Waals surface area contributed by atoms with Crippen molar-refractivity contribution in [1.82, 2.24) is 4.31 Å². The molecule has 1 atom stereocenters. The van der Waals surface area contributed by atoms with Crippen molar-refractivity contribution in [2.45, 2.75) is 37.0 Å². The number of nitrogens with zero attached hydrogens (tertiary/aromatic N) is 1. The monoisotopic (exact) mass is 327 g/mol. The summed E-state index contributed by atoms with van der Waals surface area (Å²) < 4.78 is 27.5. The third-order valence-electron chi connectivity index (χ3n) is 4.91. The lowest BCUT2D eigenvalue weighted by Gasteiger charge is -2.36. The molecule has 120 valence electrons.